The van der Waals surface area contributed by atoms with Crippen LogP contribution in [0, 0.1) is 0 Å². The Hall–Kier alpha value is -2.72. The molecule has 1 unspecified atom stereocenters. The highest BCUT2D eigenvalue weighted by Crippen LogP contribution is 2.39. The first-order chi connectivity index (χ1) is 15.7. The van der Waals surface area contributed by atoms with E-state index in [0.29, 0.717) is 22.0 Å². The summed E-state index contributed by atoms with van der Waals surface area (Å²) in [6, 6.07) is 7.36. The lowest BCUT2D eigenvalue weighted by molar-refractivity contribution is -0.132. The van der Waals surface area contributed by atoms with Gasteiger partial charge in [0.05, 0.1) is 36.1 Å². The lowest BCUT2D eigenvalue weighted by Gasteiger charge is -2.36. The first kappa shape index (κ1) is 23.4. The van der Waals surface area contributed by atoms with Crippen LogP contribution in [-0.2, 0) is 42.8 Å². The van der Waals surface area contributed by atoms with Crippen LogP contribution < -0.4 is 5.32 Å². The van der Waals surface area contributed by atoms with Gasteiger partial charge in [-0.05, 0) is 36.5 Å². The van der Waals surface area contributed by atoms with E-state index in [9.17, 15) is 22.8 Å². The quantitative estimate of drug-likeness (QED) is 0.646. The van der Waals surface area contributed by atoms with Crippen LogP contribution >= 0.6 is 11.3 Å². The largest absolute Gasteiger partial charge is 0.462 e. The van der Waals surface area contributed by atoms with Gasteiger partial charge in [0, 0.05) is 18.3 Å². The van der Waals surface area contributed by atoms with Crippen LogP contribution in [0.1, 0.15) is 58.2 Å². The molecular weight excluding hydrogens is 464 g/mol. The van der Waals surface area contributed by atoms with E-state index in [2.05, 4.69) is 5.32 Å². The lowest BCUT2D eigenvalue weighted by atomic mass is 9.90. The van der Waals surface area contributed by atoms with Gasteiger partial charge >= 0.3 is 5.97 Å². The number of hydrogen-bond donors (Lipinski definition) is 1. The molecule has 0 saturated heterocycles. The van der Waals surface area contributed by atoms with E-state index < -0.39 is 21.8 Å². The summed E-state index contributed by atoms with van der Waals surface area (Å²) in [5, 5.41) is 3.12. The van der Waals surface area contributed by atoms with Crippen LogP contribution in [-0.4, -0.2) is 50.0 Å². The molecule has 2 aliphatic rings. The van der Waals surface area contributed by atoms with Gasteiger partial charge in [-0.25, -0.2) is 13.2 Å². The maximum Gasteiger partial charge on any atom is 0.341 e. The van der Waals surface area contributed by atoms with E-state index in [1.807, 2.05) is 24.3 Å². The number of sulfone groups is 1. The predicted octanol–water partition coefficient (Wildman–Crippen LogP) is 2.87. The Labute approximate surface area is 196 Å². The molecule has 0 saturated carbocycles. The van der Waals surface area contributed by atoms with Crippen LogP contribution in [0.15, 0.2) is 24.3 Å². The maximum atomic E-state index is 13.1. The van der Waals surface area contributed by atoms with E-state index in [4.69, 9.17) is 4.74 Å². The number of nitrogens with zero attached hydrogens (tertiary/aromatic N) is 1. The summed E-state index contributed by atoms with van der Waals surface area (Å²) in [6.45, 7) is 3.88. The molecule has 0 spiro atoms. The standard InChI is InChI=1S/C23H26N2O6S2/c1-3-31-23(28)21-17-9-11-33(29,30)13-19(17)32-22(21)24-20(27)12-18-16-7-5-4-6-15(16)8-10-25(18)14(2)26/h4-7,18H,3,8-13H2,1-2H3,(H,24,27). The maximum absolute atomic E-state index is 13.1. The predicted molar refractivity (Wildman–Crippen MR) is 125 cm³/mol. The zero-order valence-corrected chi connectivity index (χ0v) is 20.2. The molecule has 0 fully saturated rings. The summed E-state index contributed by atoms with van der Waals surface area (Å²) < 4.78 is 29.4. The van der Waals surface area contributed by atoms with Gasteiger partial charge in [-0.1, -0.05) is 24.3 Å². The molecule has 1 aromatic carbocycles. The van der Waals surface area contributed by atoms with Crippen LogP contribution in [0.4, 0.5) is 5.00 Å². The number of nitrogens with one attached hydrogen (secondary N) is 1. The fourth-order valence-electron chi connectivity index (χ4n) is 4.53. The molecule has 10 heteroatoms. The minimum absolute atomic E-state index is 0.0275. The Bertz CT molecular complexity index is 1220. The van der Waals surface area contributed by atoms with Gasteiger partial charge < -0.3 is 15.0 Å². The molecule has 1 atom stereocenters. The average Bonchev–Trinajstić information content (AvgIpc) is 3.09. The van der Waals surface area contributed by atoms with Crippen LogP contribution in [0.5, 0.6) is 0 Å². The fourth-order valence-corrected chi connectivity index (χ4v) is 7.59. The van der Waals surface area contributed by atoms with Gasteiger partial charge in [0.2, 0.25) is 11.8 Å². The summed E-state index contributed by atoms with van der Waals surface area (Å²) >= 11 is 1.11. The topological polar surface area (TPSA) is 110 Å². The van der Waals surface area contributed by atoms with E-state index in [-0.39, 0.29) is 48.3 Å². The number of amides is 2. The first-order valence-electron chi connectivity index (χ1n) is 10.9. The molecule has 176 valence electrons. The first-order valence-corrected chi connectivity index (χ1v) is 13.5. The molecule has 0 radical (unpaired) electrons. The van der Waals surface area contributed by atoms with Crippen molar-refractivity contribution in [3.05, 3.63) is 51.4 Å². The van der Waals surface area contributed by atoms with Crippen molar-refractivity contribution in [2.75, 3.05) is 24.2 Å². The Morgan fingerprint density at radius 1 is 1.21 bits per heavy atom. The number of anilines is 1. The van der Waals surface area contributed by atoms with Crippen molar-refractivity contribution in [1.29, 1.82) is 0 Å². The molecule has 8 nitrogen and oxygen atoms in total. The van der Waals surface area contributed by atoms with Crippen molar-refractivity contribution in [2.45, 2.75) is 44.9 Å². The SMILES string of the molecule is CCOC(=O)c1c(NC(=O)CC2c3ccccc3CCN2C(C)=O)sc2c1CCS(=O)(=O)C2. The highest BCUT2D eigenvalue weighted by Gasteiger charge is 2.34. The van der Waals surface area contributed by atoms with Gasteiger partial charge in [-0.15, -0.1) is 11.3 Å². The summed E-state index contributed by atoms with van der Waals surface area (Å²) in [4.78, 5) is 40.3. The number of thiophene rings is 1. The third-order valence-electron chi connectivity index (χ3n) is 6.03. The second kappa shape index (κ2) is 9.26. The molecule has 1 aromatic heterocycles. The van der Waals surface area contributed by atoms with Gasteiger partial charge in [0.25, 0.3) is 0 Å². The third kappa shape index (κ3) is 4.81. The fraction of sp³-hybridized carbons (Fsp3) is 0.435. The Morgan fingerprint density at radius 3 is 2.70 bits per heavy atom. The van der Waals surface area contributed by atoms with Crippen LogP contribution in [0.25, 0.3) is 0 Å². The number of carbonyl (C=O) groups excluding carboxylic acids is 3. The molecule has 0 aliphatic carbocycles. The summed E-state index contributed by atoms with van der Waals surface area (Å²) in [5.74, 6) is -1.22. The smallest absolute Gasteiger partial charge is 0.341 e. The second-order valence-electron chi connectivity index (χ2n) is 8.20. The van der Waals surface area contributed by atoms with Crippen molar-refractivity contribution in [2.24, 2.45) is 0 Å². The minimum atomic E-state index is -3.24. The molecule has 3 heterocycles. The van der Waals surface area contributed by atoms with Gasteiger partial charge in [-0.3, -0.25) is 9.59 Å². The molecule has 1 N–H and O–H groups in total. The average molecular weight is 491 g/mol. The molecule has 4 rings (SSSR count). The number of rotatable bonds is 5. The Kier molecular flexibility index (Phi) is 6.58. The van der Waals surface area contributed by atoms with E-state index in [1.54, 1.807) is 11.8 Å². The Morgan fingerprint density at radius 2 is 1.97 bits per heavy atom. The normalized spacial score (nSPS) is 18.7. The number of benzene rings is 1. The summed E-state index contributed by atoms with van der Waals surface area (Å²) in [6.07, 6.45) is 0.971. The highest BCUT2D eigenvalue weighted by molar-refractivity contribution is 7.90. The molecular formula is C23H26N2O6S2. The van der Waals surface area contributed by atoms with Crippen LogP contribution in [0.2, 0.25) is 0 Å². The molecule has 0 bridgehead atoms. The zero-order chi connectivity index (χ0) is 23.8. The molecule has 2 aliphatic heterocycles. The molecule has 33 heavy (non-hydrogen) atoms. The monoisotopic (exact) mass is 490 g/mol. The third-order valence-corrected chi connectivity index (χ3v) is 8.92. The molecule has 2 aromatic rings. The number of fused-ring (bicyclic) bond motifs is 2. The highest BCUT2D eigenvalue weighted by atomic mass is 32.2. The van der Waals surface area contributed by atoms with Gasteiger partial charge in [0.15, 0.2) is 9.84 Å². The number of hydrogen-bond acceptors (Lipinski definition) is 7. The Balaban J connectivity index is 1.63. The van der Waals surface area contributed by atoms with E-state index >= 15 is 0 Å². The van der Waals surface area contributed by atoms with Crippen molar-refractivity contribution in [3.63, 3.8) is 0 Å². The van der Waals surface area contributed by atoms with Crippen molar-refractivity contribution in [3.8, 4) is 0 Å². The van der Waals surface area contributed by atoms with Gasteiger partial charge in [0.1, 0.15) is 5.00 Å². The van der Waals surface area contributed by atoms with Crippen LogP contribution in [0.3, 0.4) is 0 Å². The summed E-state index contributed by atoms with van der Waals surface area (Å²) in [7, 11) is -3.24. The van der Waals surface area contributed by atoms with E-state index in [1.165, 1.54) is 6.92 Å². The van der Waals surface area contributed by atoms with Crippen molar-refractivity contribution in [1.82, 2.24) is 4.90 Å². The number of ether oxygens (including phenoxy) is 1. The molecule has 2 amide bonds. The lowest BCUT2D eigenvalue weighted by Crippen LogP contribution is -2.40. The summed E-state index contributed by atoms with van der Waals surface area (Å²) in [5.41, 5.74) is 2.93. The van der Waals surface area contributed by atoms with Gasteiger partial charge in [-0.2, -0.15) is 0 Å². The van der Waals surface area contributed by atoms with Crippen molar-refractivity contribution >= 4 is 44.0 Å². The van der Waals surface area contributed by atoms with Crippen molar-refractivity contribution < 1.29 is 27.5 Å². The number of esters is 1. The second-order valence-corrected chi connectivity index (χ2v) is 11.5. The van der Waals surface area contributed by atoms with E-state index in [0.717, 1.165) is 28.9 Å². The number of carbonyl (C=O) groups is 3. The minimum Gasteiger partial charge on any atom is -0.462 e. The zero-order valence-electron chi connectivity index (χ0n) is 18.5.